The lowest BCUT2D eigenvalue weighted by atomic mass is 9.97. The average Bonchev–Trinajstić information content (AvgIpc) is 2.79. The van der Waals surface area contributed by atoms with E-state index in [4.69, 9.17) is 0 Å². The number of hydrogen-bond acceptors (Lipinski definition) is 4. The number of halogens is 1. The van der Waals surface area contributed by atoms with Gasteiger partial charge in [0, 0.05) is 10.9 Å². The molecule has 162 valence electrons. The molecule has 0 radical (unpaired) electrons. The zero-order valence-electron chi connectivity index (χ0n) is 17.1. The Morgan fingerprint density at radius 1 is 0.935 bits per heavy atom. The summed E-state index contributed by atoms with van der Waals surface area (Å²) < 4.78 is 34.4. The monoisotopic (exact) mass is 501 g/mol. The molecule has 1 unspecified atom stereocenters. The SMILES string of the molecule is COC(=O)CCCc1ccc(C(NS(=O)(=O)c2ccc(Br)cc2)c2ccccc2)cc1. The Hall–Kier alpha value is -2.48. The van der Waals surface area contributed by atoms with Crippen LogP contribution < -0.4 is 4.72 Å². The Kier molecular flexibility index (Phi) is 8.01. The van der Waals surface area contributed by atoms with Crippen LogP contribution in [0.4, 0.5) is 0 Å². The predicted molar refractivity (Wildman–Crippen MR) is 124 cm³/mol. The van der Waals surface area contributed by atoms with E-state index < -0.39 is 16.1 Å². The van der Waals surface area contributed by atoms with E-state index in [2.05, 4.69) is 25.4 Å². The van der Waals surface area contributed by atoms with Crippen LogP contribution in [-0.4, -0.2) is 21.5 Å². The number of rotatable bonds is 9. The number of carbonyl (C=O) groups is 1. The molecular formula is C24H24BrNO4S. The second-order valence-electron chi connectivity index (χ2n) is 7.09. The van der Waals surface area contributed by atoms with Crippen LogP contribution in [0, 0.1) is 0 Å². The van der Waals surface area contributed by atoms with Crippen LogP contribution in [0.25, 0.3) is 0 Å². The average molecular weight is 502 g/mol. The first-order chi connectivity index (χ1) is 14.9. The van der Waals surface area contributed by atoms with Gasteiger partial charge < -0.3 is 4.74 Å². The Bertz CT molecular complexity index is 1100. The highest BCUT2D eigenvalue weighted by Gasteiger charge is 2.23. The first kappa shape index (κ1) is 23.2. The van der Waals surface area contributed by atoms with Crippen LogP contribution in [0.5, 0.6) is 0 Å². The molecule has 1 atom stereocenters. The lowest BCUT2D eigenvalue weighted by molar-refractivity contribution is -0.140. The first-order valence-corrected chi connectivity index (χ1v) is 12.1. The Morgan fingerprint density at radius 3 is 2.16 bits per heavy atom. The van der Waals surface area contributed by atoms with Gasteiger partial charge >= 0.3 is 5.97 Å². The van der Waals surface area contributed by atoms with Gasteiger partial charge in [-0.2, -0.15) is 4.72 Å². The normalized spacial score (nSPS) is 12.3. The molecular weight excluding hydrogens is 478 g/mol. The van der Waals surface area contributed by atoms with Crippen molar-refractivity contribution >= 4 is 31.9 Å². The number of aryl methyl sites for hydroxylation is 1. The van der Waals surface area contributed by atoms with Crippen molar-refractivity contribution in [3.05, 3.63) is 100 Å². The summed E-state index contributed by atoms with van der Waals surface area (Å²) in [5.41, 5.74) is 2.76. The highest BCUT2D eigenvalue weighted by atomic mass is 79.9. The van der Waals surface area contributed by atoms with E-state index >= 15 is 0 Å². The molecule has 0 aliphatic carbocycles. The molecule has 0 heterocycles. The number of ether oxygens (including phenoxy) is 1. The second kappa shape index (κ2) is 10.7. The molecule has 0 aromatic heterocycles. The van der Waals surface area contributed by atoms with Crippen molar-refractivity contribution in [2.75, 3.05) is 7.11 Å². The van der Waals surface area contributed by atoms with Crippen molar-refractivity contribution in [2.24, 2.45) is 0 Å². The summed E-state index contributed by atoms with van der Waals surface area (Å²) in [6.45, 7) is 0. The van der Waals surface area contributed by atoms with Crippen LogP contribution in [0.3, 0.4) is 0 Å². The number of esters is 1. The van der Waals surface area contributed by atoms with Crippen molar-refractivity contribution in [3.8, 4) is 0 Å². The summed E-state index contributed by atoms with van der Waals surface area (Å²) in [7, 11) is -2.35. The zero-order chi connectivity index (χ0) is 22.3. The van der Waals surface area contributed by atoms with E-state index in [0.717, 1.165) is 27.6 Å². The van der Waals surface area contributed by atoms with Crippen molar-refractivity contribution in [1.82, 2.24) is 4.72 Å². The summed E-state index contributed by atoms with van der Waals surface area (Å²) in [4.78, 5) is 11.5. The van der Waals surface area contributed by atoms with Crippen molar-refractivity contribution < 1.29 is 17.9 Å². The fourth-order valence-corrected chi connectivity index (χ4v) is 4.70. The Labute approximate surface area is 191 Å². The molecule has 0 aliphatic heterocycles. The fraction of sp³-hybridized carbons (Fsp3) is 0.208. The standard InChI is InChI=1S/C24H24BrNO4S/c1-30-23(27)9-5-6-18-10-12-20(13-11-18)24(19-7-3-2-4-8-19)26-31(28,29)22-16-14-21(25)15-17-22/h2-4,7-8,10-17,24,26H,5-6,9H2,1H3. The first-order valence-electron chi connectivity index (χ1n) is 9.87. The summed E-state index contributed by atoms with van der Waals surface area (Å²) >= 11 is 3.33. The quantitative estimate of drug-likeness (QED) is 0.418. The topological polar surface area (TPSA) is 72.5 Å². The predicted octanol–water partition coefficient (Wildman–Crippen LogP) is 5.01. The van der Waals surface area contributed by atoms with Crippen molar-refractivity contribution in [1.29, 1.82) is 0 Å². The van der Waals surface area contributed by atoms with E-state index in [0.29, 0.717) is 12.8 Å². The summed E-state index contributed by atoms with van der Waals surface area (Å²) in [5, 5.41) is 0. The molecule has 3 aromatic carbocycles. The van der Waals surface area contributed by atoms with Gasteiger partial charge in [-0.1, -0.05) is 70.5 Å². The molecule has 0 amide bonds. The number of nitrogens with one attached hydrogen (secondary N) is 1. The number of hydrogen-bond donors (Lipinski definition) is 1. The summed E-state index contributed by atoms with van der Waals surface area (Å²) in [6, 6.07) is 23.3. The third kappa shape index (κ3) is 6.50. The Morgan fingerprint density at radius 2 is 1.55 bits per heavy atom. The summed E-state index contributed by atoms with van der Waals surface area (Å²) in [5.74, 6) is -0.219. The fourth-order valence-electron chi connectivity index (χ4n) is 3.23. The van der Waals surface area contributed by atoms with Gasteiger partial charge in [0.15, 0.2) is 0 Å². The molecule has 0 bridgehead atoms. The lowest BCUT2D eigenvalue weighted by Gasteiger charge is -2.20. The minimum atomic E-state index is -3.73. The van der Waals surface area contributed by atoms with E-state index in [1.54, 1.807) is 24.3 Å². The molecule has 3 rings (SSSR count). The van der Waals surface area contributed by atoms with Crippen LogP contribution in [0.1, 0.15) is 35.6 Å². The van der Waals surface area contributed by atoms with Crippen LogP contribution in [0.2, 0.25) is 0 Å². The van der Waals surface area contributed by atoms with Gasteiger partial charge in [0.2, 0.25) is 10.0 Å². The van der Waals surface area contributed by atoms with Gasteiger partial charge in [0.05, 0.1) is 18.0 Å². The maximum absolute atomic E-state index is 13.0. The van der Waals surface area contributed by atoms with Crippen LogP contribution in [0.15, 0.2) is 88.2 Å². The van der Waals surface area contributed by atoms with Crippen molar-refractivity contribution in [2.45, 2.75) is 30.2 Å². The maximum atomic E-state index is 13.0. The van der Waals surface area contributed by atoms with Gasteiger partial charge in [0.25, 0.3) is 0 Å². The molecule has 31 heavy (non-hydrogen) atoms. The smallest absolute Gasteiger partial charge is 0.305 e. The summed E-state index contributed by atoms with van der Waals surface area (Å²) in [6.07, 6.45) is 1.82. The molecule has 5 nitrogen and oxygen atoms in total. The number of methoxy groups -OCH3 is 1. The number of benzene rings is 3. The van der Waals surface area contributed by atoms with E-state index in [1.165, 1.54) is 7.11 Å². The minimum Gasteiger partial charge on any atom is -0.469 e. The van der Waals surface area contributed by atoms with Gasteiger partial charge in [-0.25, -0.2) is 8.42 Å². The number of sulfonamides is 1. The Balaban J connectivity index is 1.83. The molecule has 0 spiro atoms. The molecule has 0 saturated heterocycles. The minimum absolute atomic E-state index is 0.205. The van der Waals surface area contributed by atoms with Crippen LogP contribution in [-0.2, 0) is 26.0 Å². The largest absolute Gasteiger partial charge is 0.469 e. The van der Waals surface area contributed by atoms with Gasteiger partial charge in [0.1, 0.15) is 0 Å². The third-order valence-corrected chi connectivity index (χ3v) is 6.88. The highest BCUT2D eigenvalue weighted by molar-refractivity contribution is 9.10. The molecule has 1 N–H and O–H groups in total. The highest BCUT2D eigenvalue weighted by Crippen LogP contribution is 2.26. The van der Waals surface area contributed by atoms with Gasteiger partial charge in [-0.05, 0) is 53.8 Å². The van der Waals surface area contributed by atoms with E-state index in [-0.39, 0.29) is 10.9 Å². The van der Waals surface area contributed by atoms with Crippen LogP contribution >= 0.6 is 15.9 Å². The second-order valence-corrected chi connectivity index (χ2v) is 9.72. The third-order valence-electron chi connectivity index (χ3n) is 4.92. The van der Waals surface area contributed by atoms with Gasteiger partial charge in [-0.15, -0.1) is 0 Å². The molecule has 0 aliphatic rings. The zero-order valence-corrected chi connectivity index (χ0v) is 19.5. The molecule has 7 heteroatoms. The lowest BCUT2D eigenvalue weighted by Crippen LogP contribution is -2.29. The molecule has 3 aromatic rings. The molecule has 0 saturated carbocycles. The van der Waals surface area contributed by atoms with E-state index in [9.17, 15) is 13.2 Å². The number of carbonyl (C=O) groups excluding carboxylic acids is 1. The maximum Gasteiger partial charge on any atom is 0.305 e. The molecule has 0 fully saturated rings. The van der Waals surface area contributed by atoms with Crippen molar-refractivity contribution in [3.63, 3.8) is 0 Å². The van der Waals surface area contributed by atoms with E-state index in [1.807, 2.05) is 54.6 Å². The van der Waals surface area contributed by atoms with Gasteiger partial charge in [-0.3, -0.25) is 4.79 Å².